The minimum Gasteiger partial charge on any atom is -0.465 e. The largest absolute Gasteiger partial charge is 0.573 e. The second kappa shape index (κ2) is 8.22. The Morgan fingerprint density at radius 1 is 1.00 bits per heavy atom. The molecule has 0 radical (unpaired) electrons. The summed E-state index contributed by atoms with van der Waals surface area (Å²) in [5.41, 5.74) is 3.56. The highest BCUT2D eigenvalue weighted by molar-refractivity contribution is 5.92. The van der Waals surface area contributed by atoms with Crippen molar-refractivity contribution in [2.75, 3.05) is 12.4 Å². The molecular weight excluding hydrogens is 425 g/mol. The van der Waals surface area contributed by atoms with Gasteiger partial charge in [-0.05, 0) is 54.6 Å². The first-order chi connectivity index (χ1) is 15.2. The van der Waals surface area contributed by atoms with Crippen molar-refractivity contribution < 1.29 is 27.4 Å². The maximum atomic E-state index is 12.5. The first-order valence-corrected chi connectivity index (χ1v) is 9.38. The number of benzene rings is 2. The predicted molar refractivity (Wildman–Crippen MR) is 112 cm³/mol. The summed E-state index contributed by atoms with van der Waals surface area (Å²) in [4.78, 5) is 20.7. The third-order valence-corrected chi connectivity index (χ3v) is 4.64. The molecule has 32 heavy (non-hydrogen) atoms. The Labute approximate surface area is 180 Å². The van der Waals surface area contributed by atoms with Gasteiger partial charge < -0.3 is 19.4 Å². The molecule has 4 rings (SSSR count). The van der Waals surface area contributed by atoms with E-state index in [-0.39, 0.29) is 5.75 Å². The highest BCUT2D eigenvalue weighted by Crippen LogP contribution is 2.31. The summed E-state index contributed by atoms with van der Waals surface area (Å²) in [6.45, 7) is 0. The van der Waals surface area contributed by atoms with Gasteiger partial charge in [0.15, 0.2) is 0 Å². The Kier molecular flexibility index (Phi) is 5.43. The van der Waals surface area contributed by atoms with Gasteiger partial charge in [-0.2, -0.15) is 0 Å². The Morgan fingerprint density at radius 2 is 1.69 bits per heavy atom. The molecule has 2 aromatic carbocycles. The molecule has 0 amide bonds. The number of fused-ring (bicyclic) bond motifs is 1. The summed E-state index contributed by atoms with van der Waals surface area (Å²) in [6.07, 6.45) is -2.94. The van der Waals surface area contributed by atoms with Crippen LogP contribution < -0.4 is 10.1 Å². The average Bonchev–Trinajstić information content (AvgIpc) is 3.13. The van der Waals surface area contributed by atoms with E-state index in [0.29, 0.717) is 34.0 Å². The van der Waals surface area contributed by atoms with Gasteiger partial charge >= 0.3 is 12.3 Å². The molecule has 7 nitrogen and oxygen atoms in total. The molecule has 0 fully saturated rings. The number of nitrogens with zero attached hydrogens (tertiary/aromatic N) is 3. The number of nitrogens with one attached hydrogen (secondary N) is 1. The summed E-state index contributed by atoms with van der Waals surface area (Å²) < 4.78 is 47.8. The smallest absolute Gasteiger partial charge is 0.465 e. The van der Waals surface area contributed by atoms with Gasteiger partial charge in [0.25, 0.3) is 0 Å². The fraction of sp³-hybridized carbons (Fsp3) is 0.136. The van der Waals surface area contributed by atoms with Crippen LogP contribution in [0.15, 0.2) is 60.8 Å². The average molecular weight is 442 g/mol. The summed E-state index contributed by atoms with van der Waals surface area (Å²) >= 11 is 0. The fourth-order valence-electron chi connectivity index (χ4n) is 3.20. The van der Waals surface area contributed by atoms with E-state index in [1.54, 1.807) is 24.3 Å². The number of alkyl halides is 3. The van der Waals surface area contributed by atoms with Crippen molar-refractivity contribution in [3.05, 3.63) is 66.4 Å². The lowest BCUT2D eigenvalue weighted by Crippen LogP contribution is -2.16. The lowest BCUT2D eigenvalue weighted by atomic mass is 10.1. The second-order valence-corrected chi connectivity index (χ2v) is 6.82. The zero-order valence-corrected chi connectivity index (χ0v) is 17.0. The topological polar surface area (TPSA) is 78.3 Å². The van der Waals surface area contributed by atoms with Crippen LogP contribution in [0.4, 0.5) is 24.8 Å². The number of rotatable bonds is 5. The molecule has 10 heteroatoms. The summed E-state index contributed by atoms with van der Waals surface area (Å²) in [6, 6.07) is 13.9. The summed E-state index contributed by atoms with van der Waals surface area (Å²) in [7, 11) is 3.13. The van der Waals surface area contributed by atoms with Gasteiger partial charge in [-0.15, -0.1) is 13.2 Å². The molecule has 0 aliphatic rings. The maximum Gasteiger partial charge on any atom is 0.573 e. The zero-order chi connectivity index (χ0) is 22.9. The molecule has 0 saturated heterocycles. The molecule has 0 aliphatic carbocycles. The number of ether oxygens (including phenoxy) is 2. The quantitative estimate of drug-likeness (QED) is 0.435. The van der Waals surface area contributed by atoms with Crippen molar-refractivity contribution in [3.63, 3.8) is 0 Å². The van der Waals surface area contributed by atoms with Crippen LogP contribution in [0, 0.1) is 0 Å². The van der Waals surface area contributed by atoms with E-state index in [1.165, 1.54) is 31.4 Å². The van der Waals surface area contributed by atoms with E-state index in [9.17, 15) is 18.0 Å². The third-order valence-electron chi connectivity index (χ3n) is 4.64. The number of carbonyl (C=O) groups excluding carboxylic acids is 1. The van der Waals surface area contributed by atoms with Crippen molar-refractivity contribution in [2.24, 2.45) is 7.05 Å². The van der Waals surface area contributed by atoms with E-state index < -0.39 is 12.3 Å². The molecule has 0 aliphatic heterocycles. The molecule has 0 unspecified atom stereocenters. The standard InChI is InChI=1S/C22H17F3N4O3/c1-29-12-11-17-19(29)18(13-5-9-16(10-6-13)32-22(23,24)25)28-21(27-17)26-15-7-3-14(4-8-15)20(30)31-2/h3-12H,1-2H3,(H,26,27,28). The number of esters is 1. The van der Waals surface area contributed by atoms with Gasteiger partial charge in [-0.3, -0.25) is 0 Å². The number of halogens is 3. The Balaban J connectivity index is 1.69. The molecule has 2 aromatic heterocycles. The fourth-order valence-corrected chi connectivity index (χ4v) is 3.20. The van der Waals surface area contributed by atoms with Crippen LogP contribution in [0.3, 0.4) is 0 Å². The van der Waals surface area contributed by atoms with Crippen LogP contribution in [-0.4, -0.2) is 34.0 Å². The van der Waals surface area contributed by atoms with E-state index in [4.69, 9.17) is 0 Å². The first kappa shape index (κ1) is 21.2. The van der Waals surface area contributed by atoms with Crippen molar-refractivity contribution in [1.82, 2.24) is 14.5 Å². The van der Waals surface area contributed by atoms with E-state index in [1.807, 2.05) is 23.9 Å². The van der Waals surface area contributed by atoms with Crippen molar-refractivity contribution in [3.8, 4) is 17.0 Å². The number of anilines is 2. The van der Waals surface area contributed by atoms with Crippen LogP contribution in [0.2, 0.25) is 0 Å². The Morgan fingerprint density at radius 3 is 2.31 bits per heavy atom. The van der Waals surface area contributed by atoms with Crippen LogP contribution in [-0.2, 0) is 11.8 Å². The number of aryl methyl sites for hydroxylation is 1. The maximum absolute atomic E-state index is 12.5. The van der Waals surface area contributed by atoms with Gasteiger partial charge in [-0.1, -0.05) is 0 Å². The minimum absolute atomic E-state index is 0.292. The van der Waals surface area contributed by atoms with Gasteiger partial charge in [0.2, 0.25) is 5.95 Å². The highest BCUT2D eigenvalue weighted by atomic mass is 19.4. The summed E-state index contributed by atoms with van der Waals surface area (Å²) in [5, 5.41) is 3.09. The molecule has 0 atom stereocenters. The predicted octanol–water partition coefficient (Wildman–Crippen LogP) is 5.06. The van der Waals surface area contributed by atoms with Gasteiger partial charge in [-0.25, -0.2) is 14.8 Å². The molecule has 164 valence electrons. The van der Waals surface area contributed by atoms with Crippen LogP contribution in [0.1, 0.15) is 10.4 Å². The third kappa shape index (κ3) is 4.48. The van der Waals surface area contributed by atoms with Gasteiger partial charge in [0.1, 0.15) is 11.4 Å². The van der Waals surface area contributed by atoms with Crippen LogP contribution in [0.25, 0.3) is 22.3 Å². The van der Waals surface area contributed by atoms with Crippen molar-refractivity contribution in [2.45, 2.75) is 6.36 Å². The molecule has 2 heterocycles. The Bertz CT molecular complexity index is 1270. The van der Waals surface area contributed by atoms with Crippen molar-refractivity contribution >= 4 is 28.6 Å². The van der Waals surface area contributed by atoms with Crippen LogP contribution in [0.5, 0.6) is 5.75 Å². The normalized spacial score (nSPS) is 11.4. The molecule has 4 aromatic rings. The molecule has 1 N–H and O–H groups in total. The van der Waals surface area contributed by atoms with E-state index in [0.717, 1.165) is 5.52 Å². The molecule has 0 saturated carbocycles. The number of aromatic nitrogens is 3. The Hall–Kier alpha value is -4.08. The van der Waals surface area contributed by atoms with Gasteiger partial charge in [0, 0.05) is 24.5 Å². The number of hydrogen-bond acceptors (Lipinski definition) is 6. The molecule has 0 spiro atoms. The SMILES string of the molecule is COC(=O)c1ccc(Nc2nc(-c3ccc(OC(F)(F)F)cc3)c3c(ccn3C)n2)cc1. The van der Waals surface area contributed by atoms with E-state index in [2.05, 4.69) is 24.8 Å². The zero-order valence-electron chi connectivity index (χ0n) is 17.0. The molecule has 0 bridgehead atoms. The monoisotopic (exact) mass is 442 g/mol. The number of methoxy groups -OCH3 is 1. The summed E-state index contributed by atoms with van der Waals surface area (Å²) in [5.74, 6) is -0.471. The highest BCUT2D eigenvalue weighted by Gasteiger charge is 2.31. The minimum atomic E-state index is -4.76. The van der Waals surface area contributed by atoms with Crippen molar-refractivity contribution in [1.29, 1.82) is 0 Å². The second-order valence-electron chi connectivity index (χ2n) is 6.82. The van der Waals surface area contributed by atoms with Crippen LogP contribution >= 0.6 is 0 Å². The number of carbonyl (C=O) groups is 1. The lowest BCUT2D eigenvalue weighted by molar-refractivity contribution is -0.274. The number of hydrogen-bond donors (Lipinski definition) is 1. The van der Waals surface area contributed by atoms with Gasteiger partial charge in [0.05, 0.1) is 23.7 Å². The first-order valence-electron chi connectivity index (χ1n) is 9.38. The van der Waals surface area contributed by atoms with E-state index >= 15 is 0 Å². The lowest BCUT2D eigenvalue weighted by Gasteiger charge is -2.12. The molecular formula is C22H17F3N4O3.